The van der Waals surface area contributed by atoms with Gasteiger partial charge in [0.2, 0.25) is 5.88 Å². The summed E-state index contributed by atoms with van der Waals surface area (Å²) in [7, 11) is 1.65. The Morgan fingerprint density at radius 2 is 1.90 bits per heavy atom. The highest BCUT2D eigenvalue weighted by atomic mass is 35.5. The molecule has 110 valence electrons. The van der Waals surface area contributed by atoms with Crippen LogP contribution in [0.1, 0.15) is 0 Å². The van der Waals surface area contributed by atoms with Crippen molar-refractivity contribution in [2.45, 2.75) is 0 Å². The van der Waals surface area contributed by atoms with Gasteiger partial charge in [-0.15, -0.1) is 0 Å². The molecule has 1 aromatic carbocycles. The number of aromatic nitrogens is 1. The van der Waals surface area contributed by atoms with Crippen LogP contribution in [0, 0.1) is 10.1 Å². The molecule has 1 aromatic heterocycles. The monoisotopic (exact) mass is 347 g/mol. The van der Waals surface area contributed by atoms with Crippen LogP contribution in [-0.2, 0) is 0 Å². The van der Waals surface area contributed by atoms with Crippen molar-refractivity contribution in [3.63, 3.8) is 0 Å². The maximum atomic E-state index is 10.7. The molecule has 2 rings (SSSR count). The van der Waals surface area contributed by atoms with E-state index in [1.807, 2.05) is 0 Å². The second kappa shape index (κ2) is 6.34. The molecular weight excluding hydrogens is 341 g/mol. The molecule has 6 nitrogen and oxygen atoms in total. The fourth-order valence-corrected chi connectivity index (χ4v) is 2.24. The van der Waals surface area contributed by atoms with Crippen LogP contribution in [0.15, 0.2) is 24.3 Å². The summed E-state index contributed by atoms with van der Waals surface area (Å²) < 4.78 is 5.47. The highest BCUT2D eigenvalue weighted by molar-refractivity contribution is 6.36. The summed E-state index contributed by atoms with van der Waals surface area (Å²) in [5.74, 6) is 0.767. The lowest BCUT2D eigenvalue weighted by Crippen LogP contribution is -1.97. The number of pyridine rings is 1. The lowest BCUT2D eigenvalue weighted by atomic mass is 10.3. The maximum Gasteiger partial charge on any atom is 0.288 e. The Kier molecular flexibility index (Phi) is 4.72. The van der Waals surface area contributed by atoms with Gasteiger partial charge in [-0.25, -0.2) is 0 Å². The zero-order valence-corrected chi connectivity index (χ0v) is 12.8. The first-order valence-electron chi connectivity index (χ1n) is 5.58. The van der Waals surface area contributed by atoms with E-state index in [1.165, 1.54) is 24.3 Å². The molecule has 9 heteroatoms. The summed E-state index contributed by atoms with van der Waals surface area (Å²) in [5.41, 5.74) is -0.213. The number of nitrogens with zero attached hydrogens (tertiary/aromatic N) is 2. The van der Waals surface area contributed by atoms with E-state index in [0.29, 0.717) is 10.8 Å². The van der Waals surface area contributed by atoms with Gasteiger partial charge in [-0.05, 0) is 12.1 Å². The van der Waals surface area contributed by atoms with Crippen LogP contribution in [0.5, 0.6) is 11.6 Å². The van der Waals surface area contributed by atoms with Crippen molar-refractivity contribution in [2.75, 3.05) is 12.4 Å². The van der Waals surface area contributed by atoms with Crippen LogP contribution < -0.4 is 10.1 Å². The van der Waals surface area contributed by atoms with Gasteiger partial charge in [0, 0.05) is 19.2 Å². The molecule has 1 N–H and O–H groups in total. The number of rotatable bonds is 4. The van der Waals surface area contributed by atoms with Crippen LogP contribution >= 0.6 is 34.8 Å². The number of hydrogen-bond acceptors (Lipinski definition) is 5. The average Bonchev–Trinajstić information content (AvgIpc) is 2.41. The molecule has 0 fully saturated rings. The Balaban J connectivity index is 2.34. The van der Waals surface area contributed by atoms with E-state index in [4.69, 9.17) is 39.5 Å². The molecule has 0 atom stereocenters. The number of nitrogens with one attached hydrogen (secondary N) is 1. The van der Waals surface area contributed by atoms with Crippen LogP contribution in [0.4, 0.5) is 11.5 Å². The molecule has 0 saturated heterocycles. The molecule has 2 aromatic rings. The third-order valence-electron chi connectivity index (χ3n) is 2.46. The van der Waals surface area contributed by atoms with E-state index < -0.39 is 4.92 Å². The summed E-state index contributed by atoms with van der Waals surface area (Å²) in [4.78, 5) is 14.2. The Morgan fingerprint density at radius 3 is 2.48 bits per heavy atom. The minimum absolute atomic E-state index is 0.0450. The second-order valence-electron chi connectivity index (χ2n) is 3.83. The SMILES string of the molecule is CNc1nc(Oc2ccc([N+](=O)[O-])c(Cl)c2)c(Cl)cc1Cl. The molecule has 0 unspecified atom stereocenters. The highest BCUT2D eigenvalue weighted by Crippen LogP contribution is 2.35. The van der Waals surface area contributed by atoms with Gasteiger partial charge in [-0.1, -0.05) is 34.8 Å². The van der Waals surface area contributed by atoms with Crippen molar-refractivity contribution in [3.05, 3.63) is 49.4 Å². The fraction of sp³-hybridized carbons (Fsp3) is 0.0833. The smallest absolute Gasteiger partial charge is 0.288 e. The highest BCUT2D eigenvalue weighted by Gasteiger charge is 2.15. The van der Waals surface area contributed by atoms with Crippen LogP contribution in [0.3, 0.4) is 0 Å². The van der Waals surface area contributed by atoms with Crippen LogP contribution in [0.25, 0.3) is 0 Å². The van der Waals surface area contributed by atoms with E-state index in [2.05, 4.69) is 10.3 Å². The Labute approximate surface area is 134 Å². The van der Waals surface area contributed by atoms with Gasteiger partial charge in [0.1, 0.15) is 21.6 Å². The molecule has 0 aliphatic carbocycles. The summed E-state index contributed by atoms with van der Waals surface area (Å²) in [6.45, 7) is 0. The summed E-state index contributed by atoms with van der Waals surface area (Å²) in [5, 5.41) is 14.0. The Hall–Kier alpha value is -1.76. The molecule has 0 amide bonds. The number of halogens is 3. The van der Waals surface area contributed by atoms with Crippen LogP contribution in [-0.4, -0.2) is 17.0 Å². The summed E-state index contributed by atoms with van der Waals surface area (Å²) >= 11 is 17.7. The predicted molar refractivity (Wildman–Crippen MR) is 82.0 cm³/mol. The second-order valence-corrected chi connectivity index (χ2v) is 5.05. The molecule has 0 spiro atoms. The van der Waals surface area contributed by atoms with Crippen molar-refractivity contribution in [1.82, 2.24) is 4.98 Å². The standard InChI is InChI=1S/C12H8Cl3N3O3/c1-16-11-8(14)5-9(15)12(17-11)21-6-2-3-10(18(19)20)7(13)4-6/h2-5H,1H3,(H,16,17). The lowest BCUT2D eigenvalue weighted by Gasteiger charge is -2.10. The van der Waals surface area contributed by atoms with Gasteiger partial charge < -0.3 is 10.1 Å². The van der Waals surface area contributed by atoms with Crippen LogP contribution in [0.2, 0.25) is 15.1 Å². The number of anilines is 1. The predicted octanol–water partition coefficient (Wildman–Crippen LogP) is 4.78. The molecule has 1 heterocycles. The number of benzene rings is 1. The van der Waals surface area contributed by atoms with Gasteiger partial charge >= 0.3 is 0 Å². The third-order valence-corrected chi connectivity index (χ3v) is 3.33. The number of nitro benzene ring substituents is 1. The normalized spacial score (nSPS) is 10.3. The third kappa shape index (κ3) is 3.47. The summed E-state index contributed by atoms with van der Waals surface area (Å²) in [6.07, 6.45) is 0. The minimum Gasteiger partial charge on any atom is -0.437 e. The molecule has 0 radical (unpaired) electrons. The quantitative estimate of drug-likeness (QED) is 0.635. The summed E-state index contributed by atoms with van der Waals surface area (Å²) in [6, 6.07) is 5.42. The van der Waals surface area contributed by atoms with E-state index in [0.717, 1.165) is 0 Å². The number of nitro groups is 1. The van der Waals surface area contributed by atoms with E-state index in [9.17, 15) is 10.1 Å². The van der Waals surface area contributed by atoms with Gasteiger partial charge in [-0.2, -0.15) is 4.98 Å². The molecule has 0 aliphatic rings. The Bertz CT molecular complexity index is 710. The topological polar surface area (TPSA) is 77.3 Å². The zero-order valence-electron chi connectivity index (χ0n) is 10.6. The van der Waals surface area contributed by atoms with Gasteiger partial charge in [0.25, 0.3) is 5.69 Å². The van der Waals surface area contributed by atoms with E-state index in [1.54, 1.807) is 7.05 Å². The average molecular weight is 349 g/mol. The first-order valence-corrected chi connectivity index (χ1v) is 6.71. The van der Waals surface area contributed by atoms with Gasteiger partial charge in [0.15, 0.2) is 0 Å². The van der Waals surface area contributed by atoms with Crippen molar-refractivity contribution < 1.29 is 9.66 Å². The Morgan fingerprint density at radius 1 is 1.19 bits per heavy atom. The van der Waals surface area contributed by atoms with Crippen molar-refractivity contribution >= 4 is 46.3 Å². The fourth-order valence-electron chi connectivity index (χ4n) is 1.51. The zero-order chi connectivity index (χ0) is 15.6. The van der Waals surface area contributed by atoms with Gasteiger partial charge in [-0.3, -0.25) is 10.1 Å². The van der Waals surface area contributed by atoms with E-state index in [-0.39, 0.29) is 27.4 Å². The number of ether oxygens (including phenoxy) is 1. The lowest BCUT2D eigenvalue weighted by molar-refractivity contribution is -0.384. The van der Waals surface area contributed by atoms with Gasteiger partial charge in [0.05, 0.1) is 9.95 Å². The molecule has 0 bridgehead atoms. The maximum absolute atomic E-state index is 10.7. The van der Waals surface area contributed by atoms with Crippen molar-refractivity contribution in [1.29, 1.82) is 0 Å². The van der Waals surface area contributed by atoms with Crippen molar-refractivity contribution in [2.24, 2.45) is 0 Å². The molecule has 21 heavy (non-hydrogen) atoms. The van der Waals surface area contributed by atoms with Crippen molar-refractivity contribution in [3.8, 4) is 11.6 Å². The number of hydrogen-bond donors (Lipinski definition) is 1. The first kappa shape index (κ1) is 15.6. The molecular formula is C12H8Cl3N3O3. The molecule has 0 saturated carbocycles. The van der Waals surface area contributed by atoms with E-state index >= 15 is 0 Å². The minimum atomic E-state index is -0.585. The largest absolute Gasteiger partial charge is 0.437 e. The molecule has 0 aliphatic heterocycles. The first-order chi connectivity index (χ1) is 9.92.